The molecule has 5 heteroatoms. The van der Waals surface area contributed by atoms with E-state index in [4.69, 9.17) is 8.94 Å². The molecule has 0 unspecified atom stereocenters. The van der Waals surface area contributed by atoms with Crippen LogP contribution in [0.25, 0.3) is 11.4 Å². The third-order valence-electron chi connectivity index (χ3n) is 3.32. The Kier molecular flexibility index (Phi) is 3.83. The third-order valence-corrected chi connectivity index (χ3v) is 3.32. The molecule has 0 aliphatic carbocycles. The monoisotopic (exact) mass is 283 g/mol. The van der Waals surface area contributed by atoms with Crippen LogP contribution >= 0.6 is 0 Å². The Balaban J connectivity index is 1.66. The van der Waals surface area contributed by atoms with Gasteiger partial charge in [-0.15, -0.1) is 0 Å². The maximum absolute atomic E-state index is 5.38. The molecule has 108 valence electrons. The van der Waals surface area contributed by atoms with E-state index in [9.17, 15) is 0 Å². The van der Waals surface area contributed by atoms with Crippen LogP contribution in [-0.4, -0.2) is 22.1 Å². The van der Waals surface area contributed by atoms with Crippen LogP contribution in [0.1, 0.15) is 17.1 Å². The molecule has 0 aromatic carbocycles. The van der Waals surface area contributed by atoms with E-state index in [-0.39, 0.29) is 0 Å². The van der Waals surface area contributed by atoms with Crippen LogP contribution in [0.5, 0.6) is 0 Å². The summed E-state index contributed by atoms with van der Waals surface area (Å²) < 4.78 is 10.7. The van der Waals surface area contributed by atoms with Crippen LogP contribution in [-0.2, 0) is 13.1 Å². The molecule has 0 amide bonds. The highest BCUT2D eigenvalue weighted by molar-refractivity contribution is 5.52. The van der Waals surface area contributed by atoms with Gasteiger partial charge in [0.1, 0.15) is 11.5 Å². The van der Waals surface area contributed by atoms with Crippen LogP contribution in [0, 0.1) is 6.92 Å². The first kappa shape index (κ1) is 13.6. The highest BCUT2D eigenvalue weighted by Crippen LogP contribution is 2.18. The first-order valence-electron chi connectivity index (χ1n) is 6.81. The van der Waals surface area contributed by atoms with Gasteiger partial charge in [0, 0.05) is 24.4 Å². The van der Waals surface area contributed by atoms with Crippen molar-refractivity contribution in [2.24, 2.45) is 0 Å². The van der Waals surface area contributed by atoms with Crippen molar-refractivity contribution in [2.75, 3.05) is 7.05 Å². The maximum Gasteiger partial charge on any atom is 0.151 e. The molecule has 0 saturated carbocycles. The molecule has 5 nitrogen and oxygen atoms in total. The number of nitrogens with zero attached hydrogens (tertiary/aromatic N) is 3. The van der Waals surface area contributed by atoms with E-state index in [2.05, 4.69) is 15.0 Å². The molecule has 0 bridgehead atoms. The maximum atomic E-state index is 5.38. The van der Waals surface area contributed by atoms with Gasteiger partial charge in [0.15, 0.2) is 5.76 Å². The second-order valence-electron chi connectivity index (χ2n) is 5.07. The fourth-order valence-corrected chi connectivity index (χ4v) is 2.21. The second kappa shape index (κ2) is 5.93. The van der Waals surface area contributed by atoms with Gasteiger partial charge in [-0.2, -0.15) is 0 Å². The summed E-state index contributed by atoms with van der Waals surface area (Å²) in [5.74, 6) is 1.77. The number of furan rings is 1. The molecule has 3 aromatic rings. The molecule has 21 heavy (non-hydrogen) atoms. The normalized spacial score (nSPS) is 11.2. The summed E-state index contributed by atoms with van der Waals surface area (Å²) in [6.45, 7) is 3.46. The van der Waals surface area contributed by atoms with Crippen molar-refractivity contribution in [3.8, 4) is 11.4 Å². The number of aromatic nitrogens is 2. The Hall–Kier alpha value is -2.40. The zero-order chi connectivity index (χ0) is 14.7. The minimum atomic E-state index is 0.685. The summed E-state index contributed by atoms with van der Waals surface area (Å²) >= 11 is 0. The zero-order valence-electron chi connectivity index (χ0n) is 12.1. The predicted octanol–water partition coefficient (Wildman–Crippen LogP) is 3.27. The lowest BCUT2D eigenvalue weighted by Gasteiger charge is -2.13. The lowest BCUT2D eigenvalue weighted by atomic mass is 10.2. The van der Waals surface area contributed by atoms with Crippen molar-refractivity contribution in [1.29, 1.82) is 0 Å². The van der Waals surface area contributed by atoms with Gasteiger partial charge in [0.25, 0.3) is 0 Å². The fourth-order valence-electron chi connectivity index (χ4n) is 2.21. The van der Waals surface area contributed by atoms with Gasteiger partial charge in [0.05, 0.1) is 18.5 Å². The Labute approximate surface area is 123 Å². The lowest BCUT2D eigenvalue weighted by molar-refractivity contribution is 0.265. The van der Waals surface area contributed by atoms with Crippen molar-refractivity contribution < 1.29 is 8.94 Å². The molecule has 0 aliphatic heterocycles. The van der Waals surface area contributed by atoms with Crippen LogP contribution in [0.2, 0.25) is 0 Å². The summed E-state index contributed by atoms with van der Waals surface area (Å²) in [6, 6.07) is 9.66. The van der Waals surface area contributed by atoms with E-state index in [0.717, 1.165) is 29.5 Å². The standard InChI is InChI=1S/C16H17N3O2/c1-12-13(6-8-20-12)10-19(2)11-14-9-16(18-21-14)15-5-3-4-7-17-15/h3-9H,10-11H2,1-2H3. The lowest BCUT2D eigenvalue weighted by Crippen LogP contribution is -2.16. The molecule has 3 heterocycles. The average molecular weight is 283 g/mol. The Morgan fingerprint density at radius 2 is 2.05 bits per heavy atom. The number of aryl methyl sites for hydroxylation is 1. The SMILES string of the molecule is Cc1occc1CN(C)Cc1cc(-c2ccccn2)no1. The summed E-state index contributed by atoms with van der Waals surface area (Å²) in [7, 11) is 2.04. The van der Waals surface area contributed by atoms with E-state index >= 15 is 0 Å². The van der Waals surface area contributed by atoms with E-state index in [1.54, 1.807) is 12.5 Å². The van der Waals surface area contributed by atoms with Gasteiger partial charge in [0.2, 0.25) is 0 Å². The summed E-state index contributed by atoms with van der Waals surface area (Å²) in [6.07, 6.45) is 3.46. The Morgan fingerprint density at radius 3 is 2.76 bits per heavy atom. The average Bonchev–Trinajstić information content (AvgIpc) is 3.10. The molecule has 0 aliphatic rings. The van der Waals surface area contributed by atoms with Gasteiger partial charge in [-0.1, -0.05) is 11.2 Å². The Bertz CT molecular complexity index is 703. The predicted molar refractivity (Wildman–Crippen MR) is 78.4 cm³/mol. The second-order valence-corrected chi connectivity index (χ2v) is 5.07. The Morgan fingerprint density at radius 1 is 1.14 bits per heavy atom. The largest absolute Gasteiger partial charge is 0.469 e. The van der Waals surface area contributed by atoms with Crippen LogP contribution < -0.4 is 0 Å². The number of hydrogen-bond acceptors (Lipinski definition) is 5. The van der Waals surface area contributed by atoms with Gasteiger partial charge >= 0.3 is 0 Å². The summed E-state index contributed by atoms with van der Waals surface area (Å²) in [4.78, 5) is 6.42. The zero-order valence-corrected chi connectivity index (χ0v) is 12.1. The van der Waals surface area contributed by atoms with Gasteiger partial charge in [-0.25, -0.2) is 0 Å². The molecule has 0 saturated heterocycles. The smallest absolute Gasteiger partial charge is 0.151 e. The van der Waals surface area contributed by atoms with Crippen LogP contribution in [0.15, 0.2) is 51.7 Å². The van der Waals surface area contributed by atoms with Crippen molar-refractivity contribution in [2.45, 2.75) is 20.0 Å². The molecule has 0 spiro atoms. The number of rotatable bonds is 5. The quantitative estimate of drug-likeness (QED) is 0.719. The highest BCUT2D eigenvalue weighted by Gasteiger charge is 2.11. The van der Waals surface area contributed by atoms with Crippen molar-refractivity contribution in [3.05, 3.63) is 59.9 Å². The molecular formula is C16H17N3O2. The summed E-state index contributed by atoms with van der Waals surface area (Å²) in [5, 5.41) is 4.07. The molecular weight excluding hydrogens is 266 g/mol. The molecule has 0 N–H and O–H groups in total. The van der Waals surface area contributed by atoms with Crippen LogP contribution in [0.4, 0.5) is 0 Å². The van der Waals surface area contributed by atoms with Gasteiger partial charge < -0.3 is 8.94 Å². The highest BCUT2D eigenvalue weighted by atomic mass is 16.5. The topological polar surface area (TPSA) is 55.3 Å². The van der Waals surface area contributed by atoms with Crippen LogP contribution in [0.3, 0.4) is 0 Å². The number of pyridine rings is 1. The third kappa shape index (κ3) is 3.20. The molecule has 0 radical (unpaired) electrons. The number of hydrogen-bond donors (Lipinski definition) is 0. The first-order chi connectivity index (χ1) is 10.2. The molecule has 0 fully saturated rings. The minimum Gasteiger partial charge on any atom is -0.469 e. The van der Waals surface area contributed by atoms with Crippen molar-refractivity contribution in [1.82, 2.24) is 15.0 Å². The minimum absolute atomic E-state index is 0.685. The summed E-state index contributed by atoms with van der Waals surface area (Å²) in [5.41, 5.74) is 2.77. The van der Waals surface area contributed by atoms with Crippen molar-refractivity contribution in [3.63, 3.8) is 0 Å². The molecule has 0 atom stereocenters. The van der Waals surface area contributed by atoms with Crippen molar-refractivity contribution >= 4 is 0 Å². The van der Waals surface area contributed by atoms with E-state index in [1.807, 2.05) is 44.3 Å². The van der Waals surface area contributed by atoms with E-state index < -0.39 is 0 Å². The molecule has 3 rings (SSSR count). The van der Waals surface area contributed by atoms with E-state index in [0.29, 0.717) is 6.54 Å². The molecule has 3 aromatic heterocycles. The van der Waals surface area contributed by atoms with Gasteiger partial charge in [-0.05, 0) is 32.2 Å². The first-order valence-corrected chi connectivity index (χ1v) is 6.81. The van der Waals surface area contributed by atoms with E-state index in [1.165, 1.54) is 5.56 Å². The van der Waals surface area contributed by atoms with Gasteiger partial charge in [-0.3, -0.25) is 9.88 Å². The fraction of sp³-hybridized carbons (Fsp3) is 0.250.